The topological polar surface area (TPSA) is 56.8 Å². The average molecular weight is 352 g/mol. The first-order valence-corrected chi connectivity index (χ1v) is 7.48. The number of aromatic nitrogens is 1. The molecule has 0 bridgehead atoms. The minimum absolute atomic E-state index is 0.0366. The Balaban J connectivity index is 2.03. The van der Waals surface area contributed by atoms with Crippen LogP contribution in [0.1, 0.15) is 5.56 Å². The number of hydrogen-bond donors (Lipinski definition) is 0. The molecule has 2 aliphatic heterocycles. The van der Waals surface area contributed by atoms with Gasteiger partial charge in [-0.05, 0) is 12.1 Å². The molecule has 2 amide bonds. The van der Waals surface area contributed by atoms with Crippen LogP contribution in [0.15, 0.2) is 37.7 Å². The van der Waals surface area contributed by atoms with Crippen LogP contribution in [0.5, 0.6) is 0 Å². The number of halogens is 3. The first kappa shape index (κ1) is 17.0. The highest BCUT2D eigenvalue weighted by Gasteiger charge is 2.43. The lowest BCUT2D eigenvalue weighted by Gasteiger charge is -2.46. The lowest BCUT2D eigenvalue weighted by molar-refractivity contribution is -0.138. The van der Waals surface area contributed by atoms with E-state index in [0.717, 1.165) is 29.4 Å². The molecule has 1 saturated heterocycles. The molecule has 3 rings (SSSR count). The van der Waals surface area contributed by atoms with E-state index in [1.165, 1.54) is 4.90 Å². The molecule has 0 spiro atoms. The molecule has 6 nitrogen and oxygen atoms in total. The van der Waals surface area contributed by atoms with Gasteiger partial charge in [0.15, 0.2) is 5.82 Å². The quantitative estimate of drug-likeness (QED) is 0.762. The van der Waals surface area contributed by atoms with Crippen LogP contribution in [-0.2, 0) is 15.8 Å². The predicted molar refractivity (Wildman–Crippen MR) is 84.8 cm³/mol. The zero-order chi connectivity index (χ0) is 18.4. The standard InChI is InChI=1S/C16H15F3N4O2/c1-3-13(24)21-5-6-23-12(9-21)15(25)22(4-2)11-7-10(16(17,18)19)8-20-14(11)23/h3-4,7-8,12H,1-2,5-6,9H2. The first-order chi connectivity index (χ1) is 11.8. The number of carbonyl (C=O) groups is 2. The third-order valence-corrected chi connectivity index (χ3v) is 4.28. The van der Waals surface area contributed by atoms with Crippen LogP contribution >= 0.6 is 0 Å². The van der Waals surface area contributed by atoms with Gasteiger partial charge >= 0.3 is 6.18 Å². The summed E-state index contributed by atoms with van der Waals surface area (Å²) in [5.41, 5.74) is -0.903. The maximum absolute atomic E-state index is 13.0. The number of rotatable bonds is 2. The second-order valence-corrected chi connectivity index (χ2v) is 5.65. The van der Waals surface area contributed by atoms with Crippen LogP contribution in [0.2, 0.25) is 0 Å². The smallest absolute Gasteiger partial charge is 0.339 e. The molecule has 0 aliphatic carbocycles. The fraction of sp³-hybridized carbons (Fsp3) is 0.312. The molecule has 0 radical (unpaired) electrons. The largest absolute Gasteiger partial charge is 0.417 e. The van der Waals surface area contributed by atoms with Crippen LogP contribution < -0.4 is 9.80 Å². The Labute approximate surface area is 141 Å². The van der Waals surface area contributed by atoms with Crippen molar-refractivity contribution < 1.29 is 22.8 Å². The molecular formula is C16H15F3N4O2. The molecule has 9 heteroatoms. The summed E-state index contributed by atoms with van der Waals surface area (Å²) in [6.45, 7) is 7.65. The number of fused-ring (bicyclic) bond motifs is 3. The van der Waals surface area contributed by atoms with Gasteiger partial charge in [-0.2, -0.15) is 13.2 Å². The van der Waals surface area contributed by atoms with E-state index in [1.54, 1.807) is 4.90 Å². The fourth-order valence-corrected chi connectivity index (χ4v) is 3.04. The van der Waals surface area contributed by atoms with E-state index in [-0.39, 0.29) is 30.5 Å². The van der Waals surface area contributed by atoms with Crippen molar-refractivity contribution in [3.63, 3.8) is 0 Å². The van der Waals surface area contributed by atoms with Gasteiger partial charge in [-0.1, -0.05) is 13.2 Å². The SMILES string of the molecule is C=CC(=O)N1CCN2c3ncc(C(F)(F)F)cc3N(C=C)C(=O)C2C1. The highest BCUT2D eigenvalue weighted by molar-refractivity contribution is 6.06. The summed E-state index contributed by atoms with van der Waals surface area (Å²) in [5.74, 6) is -0.489. The van der Waals surface area contributed by atoms with E-state index in [1.807, 2.05) is 0 Å². The number of hydrogen-bond acceptors (Lipinski definition) is 4. The van der Waals surface area contributed by atoms with Crippen molar-refractivity contribution in [3.05, 3.63) is 43.3 Å². The lowest BCUT2D eigenvalue weighted by atomic mass is 10.0. The molecule has 1 aromatic heterocycles. The number of amides is 2. The van der Waals surface area contributed by atoms with Crippen LogP contribution in [0.4, 0.5) is 24.7 Å². The third-order valence-electron chi connectivity index (χ3n) is 4.28. The fourth-order valence-electron chi connectivity index (χ4n) is 3.04. The van der Waals surface area contributed by atoms with Crippen LogP contribution in [0.25, 0.3) is 0 Å². The molecule has 0 saturated carbocycles. The van der Waals surface area contributed by atoms with Gasteiger partial charge in [0.1, 0.15) is 6.04 Å². The van der Waals surface area contributed by atoms with Crippen molar-refractivity contribution in [2.24, 2.45) is 0 Å². The summed E-state index contributed by atoms with van der Waals surface area (Å²) in [7, 11) is 0. The lowest BCUT2D eigenvalue weighted by Crippen LogP contribution is -2.62. The summed E-state index contributed by atoms with van der Waals surface area (Å²) >= 11 is 0. The predicted octanol–water partition coefficient (Wildman–Crippen LogP) is 1.79. The summed E-state index contributed by atoms with van der Waals surface area (Å²) in [6, 6.07) is 0.159. The van der Waals surface area contributed by atoms with Crippen molar-refractivity contribution in [2.75, 3.05) is 29.4 Å². The Bertz CT molecular complexity index is 762. The van der Waals surface area contributed by atoms with Gasteiger partial charge in [-0.25, -0.2) is 4.98 Å². The molecule has 2 aliphatic rings. The van der Waals surface area contributed by atoms with Crippen molar-refractivity contribution >= 4 is 23.3 Å². The van der Waals surface area contributed by atoms with Gasteiger partial charge in [0, 0.05) is 25.5 Å². The van der Waals surface area contributed by atoms with E-state index in [4.69, 9.17) is 0 Å². The Morgan fingerprint density at radius 2 is 2.04 bits per heavy atom. The number of alkyl halides is 3. The van der Waals surface area contributed by atoms with Crippen LogP contribution in [0.3, 0.4) is 0 Å². The number of piperazine rings is 1. The van der Waals surface area contributed by atoms with Gasteiger partial charge in [0.25, 0.3) is 5.91 Å². The molecule has 0 aromatic carbocycles. The Hall–Kier alpha value is -2.84. The van der Waals surface area contributed by atoms with Crippen LogP contribution in [-0.4, -0.2) is 47.4 Å². The van der Waals surface area contributed by atoms with E-state index >= 15 is 0 Å². The molecule has 132 valence electrons. The first-order valence-electron chi connectivity index (χ1n) is 7.48. The van der Waals surface area contributed by atoms with Crippen molar-refractivity contribution in [3.8, 4) is 0 Å². The molecule has 1 unspecified atom stereocenters. The van der Waals surface area contributed by atoms with Gasteiger partial charge in [-0.15, -0.1) is 0 Å². The maximum atomic E-state index is 13.0. The van der Waals surface area contributed by atoms with E-state index in [2.05, 4.69) is 18.1 Å². The molecule has 25 heavy (non-hydrogen) atoms. The number of carbonyl (C=O) groups excluding carboxylic acids is 2. The molecule has 1 atom stereocenters. The van der Waals surface area contributed by atoms with Crippen molar-refractivity contribution in [1.82, 2.24) is 9.88 Å². The maximum Gasteiger partial charge on any atom is 0.417 e. The summed E-state index contributed by atoms with van der Waals surface area (Å²) in [6.07, 6.45) is -1.50. The second-order valence-electron chi connectivity index (χ2n) is 5.65. The molecular weight excluding hydrogens is 337 g/mol. The Kier molecular flexibility index (Phi) is 4.02. The zero-order valence-electron chi connectivity index (χ0n) is 13.2. The zero-order valence-corrected chi connectivity index (χ0v) is 13.2. The monoisotopic (exact) mass is 352 g/mol. The van der Waals surface area contributed by atoms with Gasteiger partial charge in [-0.3, -0.25) is 14.5 Å². The van der Waals surface area contributed by atoms with Crippen LogP contribution in [0, 0.1) is 0 Å². The normalized spacial score (nSPS) is 20.0. The van der Waals surface area contributed by atoms with E-state index in [0.29, 0.717) is 6.54 Å². The Morgan fingerprint density at radius 1 is 1.32 bits per heavy atom. The van der Waals surface area contributed by atoms with Gasteiger partial charge < -0.3 is 9.80 Å². The summed E-state index contributed by atoms with van der Waals surface area (Å²) < 4.78 is 38.9. The molecule has 0 N–H and O–H groups in total. The highest BCUT2D eigenvalue weighted by atomic mass is 19.4. The summed E-state index contributed by atoms with van der Waals surface area (Å²) in [5, 5.41) is 0. The minimum Gasteiger partial charge on any atom is -0.339 e. The summed E-state index contributed by atoms with van der Waals surface area (Å²) in [4.78, 5) is 32.6. The highest BCUT2D eigenvalue weighted by Crippen LogP contribution is 2.40. The number of pyridine rings is 1. The van der Waals surface area contributed by atoms with Crippen molar-refractivity contribution in [1.29, 1.82) is 0 Å². The van der Waals surface area contributed by atoms with Crippen molar-refractivity contribution in [2.45, 2.75) is 12.2 Å². The molecule has 1 aromatic rings. The second kappa shape index (κ2) is 5.91. The molecule has 1 fully saturated rings. The number of nitrogens with zero attached hydrogens (tertiary/aromatic N) is 4. The number of anilines is 2. The molecule has 3 heterocycles. The Morgan fingerprint density at radius 3 is 2.64 bits per heavy atom. The van der Waals surface area contributed by atoms with Gasteiger partial charge in [0.2, 0.25) is 5.91 Å². The van der Waals surface area contributed by atoms with Gasteiger partial charge in [0.05, 0.1) is 17.8 Å². The third kappa shape index (κ3) is 2.75. The average Bonchev–Trinajstić information content (AvgIpc) is 2.60. The van der Waals surface area contributed by atoms with E-state index < -0.39 is 23.7 Å². The van der Waals surface area contributed by atoms with E-state index in [9.17, 15) is 22.8 Å². The minimum atomic E-state index is -4.57.